The molecule has 1 amide bonds. The number of carbonyl (C=O) groups excluding carboxylic acids is 1. The fraction of sp³-hybridized carbons (Fsp3) is 0.526. The van der Waals surface area contributed by atoms with Gasteiger partial charge in [0.15, 0.2) is 6.61 Å². The van der Waals surface area contributed by atoms with Crippen molar-refractivity contribution in [1.29, 1.82) is 0 Å². The van der Waals surface area contributed by atoms with Gasteiger partial charge in [-0.3, -0.25) is 4.79 Å². The Labute approximate surface area is 159 Å². The molecular formula is C19H27N3O3S. The number of aryl methyl sites for hydroxylation is 2. The lowest BCUT2D eigenvalue weighted by molar-refractivity contribution is -0.131. The van der Waals surface area contributed by atoms with Crippen molar-refractivity contribution in [3.63, 3.8) is 0 Å². The summed E-state index contributed by atoms with van der Waals surface area (Å²) >= 11 is 1.25. The van der Waals surface area contributed by atoms with Crippen LogP contribution < -0.4 is 4.74 Å². The number of benzene rings is 1. The van der Waals surface area contributed by atoms with Crippen LogP contribution >= 0.6 is 11.8 Å². The Balaban J connectivity index is 1.89. The summed E-state index contributed by atoms with van der Waals surface area (Å²) in [5, 5.41) is 8.35. The van der Waals surface area contributed by atoms with Crippen molar-refractivity contribution < 1.29 is 13.9 Å². The zero-order valence-electron chi connectivity index (χ0n) is 16.3. The van der Waals surface area contributed by atoms with Crippen LogP contribution in [-0.4, -0.2) is 38.8 Å². The van der Waals surface area contributed by atoms with E-state index < -0.39 is 0 Å². The quantitative estimate of drug-likeness (QED) is 0.648. The second-order valence-corrected chi connectivity index (χ2v) is 7.72. The van der Waals surface area contributed by atoms with Crippen molar-refractivity contribution in [2.75, 3.05) is 5.75 Å². The van der Waals surface area contributed by atoms with Crippen molar-refractivity contribution >= 4 is 17.7 Å². The molecule has 2 rings (SSSR count). The molecule has 1 heterocycles. The maximum absolute atomic E-state index is 12.4. The third-order valence-corrected chi connectivity index (χ3v) is 4.67. The van der Waals surface area contributed by atoms with E-state index in [0.717, 1.165) is 16.9 Å². The Hall–Kier alpha value is -2.02. The lowest BCUT2D eigenvalue weighted by Crippen LogP contribution is -2.43. The highest BCUT2D eigenvalue weighted by molar-refractivity contribution is 7.99. The number of hydrogen-bond acceptors (Lipinski definition) is 6. The molecule has 0 aliphatic heterocycles. The first-order chi connectivity index (χ1) is 12.3. The smallest absolute Gasteiger partial charge is 0.277 e. The predicted octanol–water partition coefficient (Wildman–Crippen LogP) is 4.00. The first kappa shape index (κ1) is 20.3. The molecule has 1 aromatic heterocycles. The van der Waals surface area contributed by atoms with Gasteiger partial charge >= 0.3 is 0 Å². The van der Waals surface area contributed by atoms with Gasteiger partial charge in [-0.25, -0.2) is 0 Å². The minimum atomic E-state index is 0.0615. The van der Waals surface area contributed by atoms with Gasteiger partial charge in [0, 0.05) is 12.1 Å². The highest BCUT2D eigenvalue weighted by Crippen LogP contribution is 2.22. The summed E-state index contributed by atoms with van der Waals surface area (Å²) < 4.78 is 11.3. The maximum Gasteiger partial charge on any atom is 0.277 e. The van der Waals surface area contributed by atoms with Gasteiger partial charge in [0.05, 0.1) is 5.75 Å². The summed E-state index contributed by atoms with van der Waals surface area (Å²) in [7, 11) is 0. The van der Waals surface area contributed by atoms with Gasteiger partial charge in [0.2, 0.25) is 5.91 Å². The molecule has 7 heteroatoms. The standard InChI is InChI=1S/C19H27N3O3S/c1-12(2)22(13(3)4)18(23)11-26-19-21-20-17(25-19)10-24-16-9-14(5)7-8-15(16)6/h7-9,12-13H,10-11H2,1-6H3. The number of rotatable bonds is 8. The van der Waals surface area contributed by atoms with E-state index in [9.17, 15) is 4.79 Å². The molecule has 0 unspecified atom stereocenters. The lowest BCUT2D eigenvalue weighted by atomic mass is 10.1. The second kappa shape index (κ2) is 9.07. The number of amides is 1. The largest absolute Gasteiger partial charge is 0.484 e. The van der Waals surface area contributed by atoms with Crippen molar-refractivity contribution in [3.8, 4) is 5.75 Å². The van der Waals surface area contributed by atoms with Gasteiger partial charge in [-0.1, -0.05) is 23.9 Å². The highest BCUT2D eigenvalue weighted by Gasteiger charge is 2.21. The maximum atomic E-state index is 12.4. The van der Waals surface area contributed by atoms with E-state index in [-0.39, 0.29) is 30.4 Å². The Morgan fingerprint density at radius 3 is 2.54 bits per heavy atom. The second-order valence-electron chi connectivity index (χ2n) is 6.80. The van der Waals surface area contributed by atoms with E-state index >= 15 is 0 Å². The lowest BCUT2D eigenvalue weighted by Gasteiger charge is -2.30. The Morgan fingerprint density at radius 1 is 1.19 bits per heavy atom. The molecule has 0 saturated carbocycles. The van der Waals surface area contributed by atoms with Gasteiger partial charge < -0.3 is 14.1 Å². The normalized spacial score (nSPS) is 11.2. The van der Waals surface area contributed by atoms with Crippen LogP contribution in [0.1, 0.15) is 44.7 Å². The highest BCUT2D eigenvalue weighted by atomic mass is 32.2. The van der Waals surface area contributed by atoms with E-state index in [4.69, 9.17) is 9.15 Å². The summed E-state index contributed by atoms with van der Waals surface area (Å²) in [4.78, 5) is 14.2. The molecule has 26 heavy (non-hydrogen) atoms. The van der Waals surface area contributed by atoms with E-state index in [1.165, 1.54) is 11.8 Å². The number of thioether (sulfide) groups is 1. The van der Waals surface area contributed by atoms with Crippen molar-refractivity contribution in [2.24, 2.45) is 0 Å². The number of carbonyl (C=O) groups is 1. The zero-order chi connectivity index (χ0) is 19.3. The van der Waals surface area contributed by atoms with Crippen molar-refractivity contribution in [1.82, 2.24) is 15.1 Å². The summed E-state index contributed by atoms with van der Waals surface area (Å²) in [6, 6.07) is 6.35. The molecule has 0 radical (unpaired) electrons. The fourth-order valence-electron chi connectivity index (χ4n) is 2.73. The van der Waals surface area contributed by atoms with Crippen LogP contribution in [0.2, 0.25) is 0 Å². The van der Waals surface area contributed by atoms with Gasteiger partial charge in [0.25, 0.3) is 11.1 Å². The van der Waals surface area contributed by atoms with Gasteiger partial charge in [-0.15, -0.1) is 10.2 Å². The topological polar surface area (TPSA) is 68.5 Å². The molecule has 0 spiro atoms. The average Bonchev–Trinajstić information content (AvgIpc) is 3.01. The Morgan fingerprint density at radius 2 is 1.88 bits per heavy atom. The molecule has 142 valence electrons. The van der Waals surface area contributed by atoms with Gasteiger partial charge in [-0.05, 0) is 58.7 Å². The van der Waals surface area contributed by atoms with Crippen LogP contribution in [0.25, 0.3) is 0 Å². The first-order valence-corrected chi connectivity index (χ1v) is 9.73. The molecule has 0 fully saturated rings. The average molecular weight is 378 g/mol. The van der Waals surface area contributed by atoms with Gasteiger partial charge in [-0.2, -0.15) is 0 Å². The Kier molecular flexibility index (Phi) is 7.08. The number of ether oxygens (including phenoxy) is 1. The van der Waals surface area contributed by atoms with E-state index in [1.807, 2.05) is 64.6 Å². The predicted molar refractivity (Wildman–Crippen MR) is 102 cm³/mol. The first-order valence-electron chi connectivity index (χ1n) is 8.74. The van der Waals surface area contributed by atoms with Gasteiger partial charge in [0.1, 0.15) is 5.75 Å². The molecule has 0 aliphatic carbocycles. The summed E-state index contributed by atoms with van der Waals surface area (Å²) in [6.07, 6.45) is 0. The third kappa shape index (κ3) is 5.49. The zero-order valence-corrected chi connectivity index (χ0v) is 17.1. The SMILES string of the molecule is Cc1ccc(C)c(OCc2nnc(SCC(=O)N(C(C)C)C(C)C)o2)c1. The van der Waals surface area contributed by atoms with E-state index in [2.05, 4.69) is 10.2 Å². The van der Waals surface area contributed by atoms with Crippen LogP contribution in [0, 0.1) is 13.8 Å². The summed E-state index contributed by atoms with van der Waals surface area (Å²) in [6.45, 7) is 12.3. The third-order valence-electron chi connectivity index (χ3n) is 3.86. The molecule has 0 N–H and O–H groups in total. The number of hydrogen-bond donors (Lipinski definition) is 0. The summed E-state index contributed by atoms with van der Waals surface area (Å²) in [5.74, 6) is 1.53. The minimum Gasteiger partial charge on any atom is -0.484 e. The van der Waals surface area contributed by atoms with Crippen LogP contribution in [0.3, 0.4) is 0 Å². The van der Waals surface area contributed by atoms with E-state index in [0.29, 0.717) is 11.1 Å². The van der Waals surface area contributed by atoms with Crippen molar-refractivity contribution in [3.05, 3.63) is 35.2 Å². The molecule has 0 bridgehead atoms. The number of aromatic nitrogens is 2. The number of nitrogens with zero attached hydrogens (tertiary/aromatic N) is 3. The summed E-state index contributed by atoms with van der Waals surface area (Å²) in [5.41, 5.74) is 2.18. The van der Waals surface area contributed by atoms with Crippen molar-refractivity contribution in [2.45, 2.75) is 65.5 Å². The monoisotopic (exact) mass is 377 g/mol. The van der Waals surface area contributed by atoms with Crippen LogP contribution in [-0.2, 0) is 11.4 Å². The van der Waals surface area contributed by atoms with Crippen LogP contribution in [0.4, 0.5) is 0 Å². The minimum absolute atomic E-state index is 0.0615. The molecular weight excluding hydrogens is 350 g/mol. The molecule has 0 atom stereocenters. The molecule has 2 aromatic rings. The van der Waals surface area contributed by atoms with Crippen LogP contribution in [0.5, 0.6) is 5.75 Å². The molecule has 0 saturated heterocycles. The van der Waals surface area contributed by atoms with Crippen LogP contribution in [0.15, 0.2) is 27.8 Å². The van der Waals surface area contributed by atoms with E-state index in [1.54, 1.807) is 0 Å². The molecule has 6 nitrogen and oxygen atoms in total. The molecule has 0 aliphatic rings. The molecule has 1 aromatic carbocycles. The Bertz CT molecular complexity index is 735. The fourth-order valence-corrected chi connectivity index (χ4v) is 3.38.